The molecule has 0 fully saturated rings. The van der Waals surface area contributed by atoms with Crippen LogP contribution in [0.25, 0.3) is 10.9 Å². The Kier molecular flexibility index (Phi) is 4.40. The molecule has 0 radical (unpaired) electrons. The molecule has 1 N–H and O–H groups in total. The lowest BCUT2D eigenvalue weighted by molar-refractivity contribution is -0.0884. The highest BCUT2D eigenvalue weighted by Crippen LogP contribution is 2.31. The van der Waals surface area contributed by atoms with E-state index in [0.29, 0.717) is 5.52 Å². The van der Waals surface area contributed by atoms with E-state index in [4.69, 9.17) is 11.6 Å². The topological polar surface area (TPSA) is 32.9 Å². The normalized spacial score (nSPS) is 11.0. The van der Waals surface area contributed by atoms with E-state index in [2.05, 4.69) is 4.98 Å². The summed E-state index contributed by atoms with van der Waals surface area (Å²) in [5.41, 5.74) is -0.0480. The van der Waals surface area contributed by atoms with E-state index < -0.39 is 17.5 Å². The summed E-state index contributed by atoms with van der Waals surface area (Å²) >= 11 is 5.76. The number of H-pyrrole nitrogens is 1. The molecule has 1 aromatic heterocycles. The minimum Gasteiger partial charge on any atom is -0.360 e. The van der Waals surface area contributed by atoms with Crippen molar-refractivity contribution in [2.45, 2.75) is 20.0 Å². The van der Waals surface area contributed by atoms with E-state index in [-0.39, 0.29) is 10.4 Å². The Bertz CT molecular complexity index is 560. The van der Waals surface area contributed by atoms with Crippen molar-refractivity contribution in [2.24, 2.45) is 0 Å². The molecule has 98 valence electrons. The number of aromatic amines is 1. The Morgan fingerprint density at radius 3 is 2.44 bits per heavy atom. The third-order valence-electron chi connectivity index (χ3n) is 2.16. The molecule has 0 unspecified atom stereocenters. The summed E-state index contributed by atoms with van der Waals surface area (Å²) in [4.78, 5) is 13.7. The van der Waals surface area contributed by atoms with E-state index in [1.54, 1.807) is 12.1 Å². The van der Waals surface area contributed by atoms with Crippen LogP contribution in [0.15, 0.2) is 24.4 Å². The SMILES string of the molecule is CC.O=C(c1c[nH]c2cccc(Cl)c12)C(F)(F)F. The second kappa shape index (κ2) is 5.44. The molecule has 0 aliphatic rings. The summed E-state index contributed by atoms with van der Waals surface area (Å²) in [5.74, 6) is -1.90. The van der Waals surface area contributed by atoms with E-state index in [0.717, 1.165) is 6.20 Å². The Labute approximate surface area is 107 Å². The number of halogens is 4. The number of hydrogen-bond acceptors (Lipinski definition) is 1. The zero-order valence-electron chi connectivity index (χ0n) is 9.73. The van der Waals surface area contributed by atoms with Crippen LogP contribution in [0.3, 0.4) is 0 Å². The summed E-state index contributed by atoms with van der Waals surface area (Å²) in [6.45, 7) is 4.00. The van der Waals surface area contributed by atoms with Gasteiger partial charge in [-0.25, -0.2) is 0 Å². The number of carbonyl (C=O) groups excluding carboxylic acids is 1. The average molecular weight is 278 g/mol. The number of fused-ring (bicyclic) bond motifs is 1. The maximum absolute atomic E-state index is 12.3. The average Bonchev–Trinajstić information content (AvgIpc) is 2.74. The molecule has 2 nitrogen and oxygen atoms in total. The Hall–Kier alpha value is -1.49. The first-order chi connectivity index (χ1) is 8.41. The van der Waals surface area contributed by atoms with Gasteiger partial charge in [-0.1, -0.05) is 31.5 Å². The number of aromatic nitrogens is 1. The highest BCUT2D eigenvalue weighted by Gasteiger charge is 2.40. The van der Waals surface area contributed by atoms with Crippen molar-refractivity contribution in [1.29, 1.82) is 0 Å². The molecule has 0 bridgehead atoms. The third-order valence-corrected chi connectivity index (χ3v) is 2.47. The summed E-state index contributed by atoms with van der Waals surface area (Å²) < 4.78 is 36.8. The second-order valence-corrected chi connectivity index (χ2v) is 3.60. The maximum Gasteiger partial charge on any atom is 0.454 e. The van der Waals surface area contributed by atoms with Crippen molar-refractivity contribution in [3.05, 3.63) is 35.0 Å². The van der Waals surface area contributed by atoms with Crippen LogP contribution in [0.4, 0.5) is 13.2 Å². The molecule has 2 aromatic rings. The van der Waals surface area contributed by atoms with Crippen LogP contribution in [-0.4, -0.2) is 16.9 Å². The summed E-state index contributed by atoms with van der Waals surface area (Å²) in [5, 5.41) is 0.220. The van der Waals surface area contributed by atoms with Gasteiger partial charge in [0.2, 0.25) is 0 Å². The number of Topliss-reactive ketones (excluding diaryl/α,β-unsaturated/α-hetero) is 1. The maximum atomic E-state index is 12.3. The molecule has 0 amide bonds. The van der Waals surface area contributed by atoms with Gasteiger partial charge < -0.3 is 4.98 Å². The number of benzene rings is 1. The van der Waals surface area contributed by atoms with Gasteiger partial charge in [0.25, 0.3) is 5.78 Å². The summed E-state index contributed by atoms with van der Waals surface area (Å²) in [7, 11) is 0. The summed E-state index contributed by atoms with van der Waals surface area (Å²) in [6.07, 6.45) is -3.87. The number of carbonyl (C=O) groups is 1. The Balaban J connectivity index is 0.000000771. The lowest BCUT2D eigenvalue weighted by Crippen LogP contribution is -2.22. The van der Waals surface area contributed by atoms with Crippen molar-refractivity contribution in [2.75, 3.05) is 0 Å². The molecule has 18 heavy (non-hydrogen) atoms. The van der Waals surface area contributed by atoms with E-state index in [9.17, 15) is 18.0 Å². The molecule has 0 saturated heterocycles. The number of ketones is 1. The molecule has 0 saturated carbocycles. The van der Waals surface area contributed by atoms with Gasteiger partial charge in [0.05, 0.1) is 10.6 Å². The van der Waals surface area contributed by atoms with Crippen LogP contribution < -0.4 is 0 Å². The van der Waals surface area contributed by atoms with Crippen LogP contribution >= 0.6 is 11.6 Å². The Morgan fingerprint density at radius 1 is 1.28 bits per heavy atom. The largest absolute Gasteiger partial charge is 0.454 e. The standard InChI is InChI=1S/C10H5ClF3NO.C2H6/c11-6-2-1-3-7-8(6)5(4-15-7)9(16)10(12,13)14;1-2/h1-4,15H;1-2H3. The molecule has 0 aliphatic carbocycles. The van der Waals surface area contributed by atoms with Crippen molar-refractivity contribution in [3.8, 4) is 0 Å². The molecule has 1 aromatic carbocycles. The molecule has 1 heterocycles. The fraction of sp³-hybridized carbons (Fsp3) is 0.250. The van der Waals surface area contributed by atoms with Crippen LogP contribution in [0.2, 0.25) is 5.02 Å². The van der Waals surface area contributed by atoms with Crippen molar-refractivity contribution in [3.63, 3.8) is 0 Å². The van der Waals surface area contributed by atoms with Crippen LogP contribution in [-0.2, 0) is 0 Å². The number of hydrogen-bond donors (Lipinski definition) is 1. The monoisotopic (exact) mass is 277 g/mol. The van der Waals surface area contributed by atoms with E-state index in [1.165, 1.54) is 6.07 Å². The molecular formula is C12H11ClF3NO. The first kappa shape index (κ1) is 14.6. The van der Waals surface area contributed by atoms with E-state index >= 15 is 0 Å². The van der Waals surface area contributed by atoms with Gasteiger partial charge in [-0.2, -0.15) is 13.2 Å². The fourth-order valence-corrected chi connectivity index (χ4v) is 1.75. The lowest BCUT2D eigenvalue weighted by atomic mass is 10.1. The molecule has 0 spiro atoms. The van der Waals surface area contributed by atoms with Gasteiger partial charge in [0.15, 0.2) is 0 Å². The highest BCUT2D eigenvalue weighted by molar-refractivity contribution is 6.37. The summed E-state index contributed by atoms with van der Waals surface area (Å²) in [6, 6.07) is 4.57. The molecule has 0 atom stereocenters. The Morgan fingerprint density at radius 2 is 1.89 bits per heavy atom. The van der Waals surface area contributed by atoms with Gasteiger partial charge in [-0.05, 0) is 12.1 Å². The quantitative estimate of drug-likeness (QED) is 0.760. The number of nitrogens with one attached hydrogen (secondary N) is 1. The van der Waals surface area contributed by atoms with Crippen LogP contribution in [0.1, 0.15) is 24.2 Å². The van der Waals surface area contributed by atoms with Gasteiger partial charge in [0, 0.05) is 17.1 Å². The minimum absolute atomic E-state index is 0.103. The predicted molar refractivity (Wildman–Crippen MR) is 65.0 cm³/mol. The molecular weight excluding hydrogens is 267 g/mol. The second-order valence-electron chi connectivity index (χ2n) is 3.19. The van der Waals surface area contributed by atoms with Gasteiger partial charge >= 0.3 is 6.18 Å². The third kappa shape index (κ3) is 2.67. The molecule has 6 heteroatoms. The fourth-order valence-electron chi connectivity index (χ4n) is 1.47. The smallest absolute Gasteiger partial charge is 0.360 e. The van der Waals surface area contributed by atoms with E-state index in [1.807, 2.05) is 13.8 Å². The lowest BCUT2D eigenvalue weighted by Gasteiger charge is -2.04. The van der Waals surface area contributed by atoms with Crippen LogP contribution in [0.5, 0.6) is 0 Å². The highest BCUT2D eigenvalue weighted by atomic mass is 35.5. The van der Waals surface area contributed by atoms with Gasteiger partial charge in [-0.3, -0.25) is 4.79 Å². The first-order valence-electron chi connectivity index (χ1n) is 5.28. The first-order valence-corrected chi connectivity index (χ1v) is 5.66. The van der Waals surface area contributed by atoms with Crippen LogP contribution in [0, 0.1) is 0 Å². The number of alkyl halides is 3. The predicted octanol–water partition coefficient (Wildman–Crippen LogP) is 4.59. The minimum atomic E-state index is -4.89. The molecule has 2 rings (SSSR count). The van der Waals surface area contributed by atoms with Crippen molar-refractivity contribution in [1.82, 2.24) is 4.98 Å². The zero-order valence-corrected chi connectivity index (χ0v) is 10.5. The zero-order chi connectivity index (χ0) is 13.9. The molecule has 0 aliphatic heterocycles. The van der Waals surface area contributed by atoms with Crippen molar-refractivity contribution >= 4 is 28.3 Å². The van der Waals surface area contributed by atoms with Gasteiger partial charge in [0.1, 0.15) is 0 Å². The van der Waals surface area contributed by atoms with Gasteiger partial charge in [-0.15, -0.1) is 0 Å². The van der Waals surface area contributed by atoms with Crippen molar-refractivity contribution < 1.29 is 18.0 Å². The number of rotatable bonds is 1.